The van der Waals surface area contributed by atoms with E-state index in [1.807, 2.05) is 0 Å². The molecule has 1 aromatic heterocycles. The highest BCUT2D eigenvalue weighted by Gasteiger charge is 2.19. The number of rotatable bonds is 1. The van der Waals surface area contributed by atoms with Crippen molar-refractivity contribution in [1.29, 1.82) is 0 Å². The molecule has 0 amide bonds. The lowest BCUT2D eigenvalue weighted by Crippen LogP contribution is -2.28. The number of esters is 1. The van der Waals surface area contributed by atoms with Gasteiger partial charge in [-0.1, -0.05) is 0 Å². The Labute approximate surface area is 81.1 Å². The maximum absolute atomic E-state index is 11.4. The third-order valence-electron chi connectivity index (χ3n) is 1.35. The number of nitrogens with one attached hydrogen (secondary N) is 1. The molecule has 1 N–H and O–H groups in total. The number of carbonyl (C=O) groups is 1. The molecule has 0 atom stereocenters. The summed E-state index contributed by atoms with van der Waals surface area (Å²) in [6.45, 7) is 5.21. The van der Waals surface area contributed by atoms with E-state index in [1.54, 1.807) is 20.8 Å². The molecule has 1 aromatic rings. The third-order valence-corrected chi connectivity index (χ3v) is 1.35. The van der Waals surface area contributed by atoms with Crippen molar-refractivity contribution in [2.24, 2.45) is 0 Å². The zero-order valence-corrected chi connectivity index (χ0v) is 8.33. The first kappa shape index (κ1) is 10.4. The lowest BCUT2D eigenvalue weighted by atomic mass is 10.2. The van der Waals surface area contributed by atoms with Gasteiger partial charge in [0.25, 0.3) is 5.56 Å². The van der Waals surface area contributed by atoms with Crippen molar-refractivity contribution < 1.29 is 9.53 Å². The van der Waals surface area contributed by atoms with Crippen LogP contribution in [0.1, 0.15) is 31.1 Å². The minimum Gasteiger partial charge on any atom is -0.456 e. The van der Waals surface area contributed by atoms with Crippen molar-refractivity contribution >= 4 is 5.97 Å². The van der Waals surface area contributed by atoms with Gasteiger partial charge in [-0.05, 0) is 26.8 Å². The molecule has 0 aliphatic carbocycles. The lowest BCUT2D eigenvalue weighted by Gasteiger charge is -2.18. The number of H-pyrrole nitrogens is 1. The highest BCUT2D eigenvalue weighted by molar-refractivity contribution is 5.89. The summed E-state index contributed by atoms with van der Waals surface area (Å²) in [5, 5.41) is 5.64. The van der Waals surface area contributed by atoms with E-state index in [-0.39, 0.29) is 5.56 Å². The fourth-order valence-electron chi connectivity index (χ4n) is 0.837. The number of aromatic amines is 1. The van der Waals surface area contributed by atoms with Crippen LogP contribution in [0.15, 0.2) is 17.1 Å². The van der Waals surface area contributed by atoms with E-state index in [0.29, 0.717) is 0 Å². The first-order valence-electron chi connectivity index (χ1n) is 4.17. The molecule has 0 unspecified atom stereocenters. The second-order valence-electron chi connectivity index (χ2n) is 3.80. The molecule has 1 rings (SSSR count). The molecule has 0 fully saturated rings. The maximum atomic E-state index is 11.4. The summed E-state index contributed by atoms with van der Waals surface area (Å²) in [6, 6.07) is 1.33. The Kier molecular flexibility index (Phi) is 2.69. The Morgan fingerprint density at radius 3 is 2.64 bits per heavy atom. The normalized spacial score (nSPS) is 11.1. The summed E-state index contributed by atoms with van der Waals surface area (Å²) < 4.78 is 5.02. The highest BCUT2D eigenvalue weighted by Crippen LogP contribution is 2.09. The predicted octanol–water partition coefficient (Wildman–Crippen LogP) is 0.725. The zero-order chi connectivity index (χ0) is 10.8. The van der Waals surface area contributed by atoms with Gasteiger partial charge in [-0.2, -0.15) is 5.10 Å². The van der Waals surface area contributed by atoms with Crippen molar-refractivity contribution in [3.05, 3.63) is 28.2 Å². The Bertz CT molecular complexity index is 390. The van der Waals surface area contributed by atoms with Crippen LogP contribution >= 0.6 is 0 Å². The fraction of sp³-hybridized carbons (Fsp3) is 0.444. The Morgan fingerprint density at radius 2 is 2.14 bits per heavy atom. The molecule has 0 spiro atoms. The molecule has 14 heavy (non-hydrogen) atoms. The van der Waals surface area contributed by atoms with Gasteiger partial charge in [0.15, 0.2) is 0 Å². The van der Waals surface area contributed by atoms with E-state index in [2.05, 4.69) is 10.2 Å². The van der Waals surface area contributed by atoms with Crippen LogP contribution in [-0.4, -0.2) is 21.8 Å². The molecule has 0 aliphatic heterocycles. The van der Waals surface area contributed by atoms with E-state index < -0.39 is 17.1 Å². The van der Waals surface area contributed by atoms with Crippen LogP contribution in [-0.2, 0) is 4.74 Å². The molecule has 0 bridgehead atoms. The number of ether oxygens (including phenoxy) is 1. The van der Waals surface area contributed by atoms with Crippen LogP contribution in [0.2, 0.25) is 0 Å². The van der Waals surface area contributed by atoms with Crippen molar-refractivity contribution in [2.75, 3.05) is 0 Å². The quantitative estimate of drug-likeness (QED) is 0.672. The Morgan fingerprint density at radius 1 is 1.50 bits per heavy atom. The van der Waals surface area contributed by atoms with Crippen LogP contribution in [0.3, 0.4) is 0 Å². The largest absolute Gasteiger partial charge is 0.456 e. The van der Waals surface area contributed by atoms with Gasteiger partial charge in [0.1, 0.15) is 11.2 Å². The van der Waals surface area contributed by atoms with Crippen LogP contribution in [0.25, 0.3) is 0 Å². The molecule has 5 heteroatoms. The predicted molar refractivity (Wildman–Crippen MR) is 50.0 cm³/mol. The molecular formula is C9H12N2O3. The average molecular weight is 196 g/mol. The second-order valence-corrected chi connectivity index (χ2v) is 3.80. The maximum Gasteiger partial charge on any atom is 0.344 e. The van der Waals surface area contributed by atoms with Crippen molar-refractivity contribution in [2.45, 2.75) is 26.4 Å². The molecule has 0 saturated heterocycles. The van der Waals surface area contributed by atoms with Crippen LogP contribution < -0.4 is 5.56 Å². The molecule has 0 aliphatic rings. The highest BCUT2D eigenvalue weighted by atomic mass is 16.6. The van der Waals surface area contributed by atoms with Crippen molar-refractivity contribution in [3.8, 4) is 0 Å². The van der Waals surface area contributed by atoms with Gasteiger partial charge in [0.05, 0.1) is 0 Å². The topological polar surface area (TPSA) is 72.0 Å². The summed E-state index contributed by atoms with van der Waals surface area (Å²) in [4.78, 5) is 22.5. The number of hydrogen-bond donors (Lipinski definition) is 1. The molecule has 0 aromatic carbocycles. The van der Waals surface area contributed by atoms with Gasteiger partial charge in [0.2, 0.25) is 0 Å². The first-order chi connectivity index (χ1) is 6.40. The SMILES string of the molecule is CC(C)(C)OC(=O)c1ccn[nH]c1=O. The van der Waals surface area contributed by atoms with Crippen LogP contribution in [0.4, 0.5) is 0 Å². The molecule has 76 valence electrons. The van der Waals surface area contributed by atoms with E-state index >= 15 is 0 Å². The fourth-order valence-corrected chi connectivity index (χ4v) is 0.837. The lowest BCUT2D eigenvalue weighted by molar-refractivity contribution is 0.00672. The summed E-state index contributed by atoms with van der Waals surface area (Å²) >= 11 is 0. The Balaban J connectivity index is 2.92. The van der Waals surface area contributed by atoms with Gasteiger partial charge in [0, 0.05) is 6.20 Å². The van der Waals surface area contributed by atoms with E-state index in [4.69, 9.17) is 4.74 Å². The molecule has 0 saturated carbocycles. The smallest absolute Gasteiger partial charge is 0.344 e. The first-order valence-corrected chi connectivity index (χ1v) is 4.17. The average Bonchev–Trinajstić information content (AvgIpc) is 2.01. The minimum atomic E-state index is -0.638. The monoisotopic (exact) mass is 196 g/mol. The molecule has 1 heterocycles. The van der Waals surface area contributed by atoms with Gasteiger partial charge in [-0.25, -0.2) is 9.89 Å². The number of carbonyl (C=O) groups excluding carboxylic acids is 1. The van der Waals surface area contributed by atoms with Crippen molar-refractivity contribution in [3.63, 3.8) is 0 Å². The minimum absolute atomic E-state index is 0.0325. The summed E-state index contributed by atoms with van der Waals surface area (Å²) in [5.41, 5.74) is -1.18. The summed E-state index contributed by atoms with van der Waals surface area (Å²) in [5.74, 6) is -0.638. The second kappa shape index (κ2) is 3.61. The molecule has 5 nitrogen and oxygen atoms in total. The third kappa shape index (κ3) is 2.69. The number of aromatic nitrogens is 2. The number of nitrogens with zero attached hydrogens (tertiary/aromatic N) is 1. The van der Waals surface area contributed by atoms with E-state index in [1.165, 1.54) is 12.3 Å². The standard InChI is InChI=1S/C9H12N2O3/c1-9(2,3)14-8(13)6-4-5-10-11-7(6)12/h4-5H,1-3H3,(H,11,12). The van der Waals surface area contributed by atoms with Crippen LogP contribution in [0.5, 0.6) is 0 Å². The van der Waals surface area contributed by atoms with Gasteiger partial charge in [-0.15, -0.1) is 0 Å². The van der Waals surface area contributed by atoms with Gasteiger partial charge in [-0.3, -0.25) is 4.79 Å². The Hall–Kier alpha value is -1.65. The summed E-state index contributed by atoms with van der Waals surface area (Å²) in [7, 11) is 0. The van der Waals surface area contributed by atoms with Crippen LogP contribution in [0, 0.1) is 0 Å². The number of hydrogen-bond acceptors (Lipinski definition) is 4. The van der Waals surface area contributed by atoms with Gasteiger partial charge < -0.3 is 4.74 Å². The van der Waals surface area contributed by atoms with E-state index in [0.717, 1.165) is 0 Å². The molecular weight excluding hydrogens is 184 g/mol. The van der Waals surface area contributed by atoms with Crippen molar-refractivity contribution in [1.82, 2.24) is 10.2 Å². The summed E-state index contributed by atoms with van der Waals surface area (Å²) in [6.07, 6.45) is 1.33. The molecule has 0 radical (unpaired) electrons. The van der Waals surface area contributed by atoms with E-state index in [9.17, 15) is 9.59 Å². The van der Waals surface area contributed by atoms with Gasteiger partial charge >= 0.3 is 5.97 Å². The zero-order valence-electron chi connectivity index (χ0n) is 8.33.